The molecule has 1 aliphatic rings. The van der Waals surface area contributed by atoms with Gasteiger partial charge in [-0.25, -0.2) is 4.98 Å². The standard InChI is InChI=1S/C13H19N3O3/c1-10-4-5-12(16(17)18)13(15-10)19-8-6-11-3-2-7-14-9-11/h4-5,11,14H,2-3,6-9H2,1H3. The van der Waals surface area contributed by atoms with Crippen molar-refractivity contribution >= 4 is 5.69 Å². The first-order chi connectivity index (χ1) is 9.16. The van der Waals surface area contributed by atoms with Crippen LogP contribution in [0.2, 0.25) is 0 Å². The molecule has 0 aliphatic carbocycles. The molecule has 2 heterocycles. The molecule has 6 nitrogen and oxygen atoms in total. The molecular formula is C13H19N3O3. The van der Waals surface area contributed by atoms with Crippen molar-refractivity contribution in [1.29, 1.82) is 0 Å². The Morgan fingerprint density at radius 1 is 1.58 bits per heavy atom. The van der Waals surface area contributed by atoms with E-state index in [1.165, 1.54) is 18.9 Å². The first-order valence-electron chi connectivity index (χ1n) is 6.62. The first-order valence-corrected chi connectivity index (χ1v) is 6.62. The summed E-state index contributed by atoms with van der Waals surface area (Å²) in [5.74, 6) is 0.728. The third-order valence-corrected chi connectivity index (χ3v) is 3.34. The maximum atomic E-state index is 10.9. The van der Waals surface area contributed by atoms with Gasteiger partial charge in [0.25, 0.3) is 5.88 Å². The molecule has 0 saturated carbocycles. The van der Waals surface area contributed by atoms with Crippen LogP contribution in [0.25, 0.3) is 0 Å². The molecule has 0 amide bonds. The molecule has 1 aromatic rings. The van der Waals surface area contributed by atoms with E-state index in [1.54, 1.807) is 13.0 Å². The van der Waals surface area contributed by atoms with Crippen molar-refractivity contribution < 1.29 is 9.66 Å². The van der Waals surface area contributed by atoms with E-state index in [4.69, 9.17) is 4.74 Å². The Balaban J connectivity index is 1.91. The van der Waals surface area contributed by atoms with Crippen LogP contribution >= 0.6 is 0 Å². The highest BCUT2D eigenvalue weighted by atomic mass is 16.6. The number of rotatable bonds is 5. The molecule has 6 heteroatoms. The van der Waals surface area contributed by atoms with Crippen LogP contribution in [0.1, 0.15) is 25.0 Å². The van der Waals surface area contributed by atoms with Gasteiger partial charge in [-0.15, -0.1) is 0 Å². The van der Waals surface area contributed by atoms with Gasteiger partial charge >= 0.3 is 5.69 Å². The molecule has 0 spiro atoms. The lowest BCUT2D eigenvalue weighted by atomic mass is 9.97. The van der Waals surface area contributed by atoms with Gasteiger partial charge in [-0.1, -0.05) is 0 Å². The van der Waals surface area contributed by atoms with Gasteiger partial charge in [0, 0.05) is 11.8 Å². The number of pyridine rings is 1. The fourth-order valence-corrected chi connectivity index (χ4v) is 2.26. The number of nitro groups is 1. The molecule has 1 aromatic heterocycles. The fraction of sp³-hybridized carbons (Fsp3) is 0.615. The van der Waals surface area contributed by atoms with E-state index in [1.807, 2.05) is 0 Å². The van der Waals surface area contributed by atoms with Gasteiger partial charge in [0.2, 0.25) is 0 Å². The number of hydrogen-bond acceptors (Lipinski definition) is 5. The summed E-state index contributed by atoms with van der Waals surface area (Å²) in [4.78, 5) is 14.5. The third-order valence-electron chi connectivity index (χ3n) is 3.34. The zero-order valence-electron chi connectivity index (χ0n) is 11.1. The van der Waals surface area contributed by atoms with Crippen molar-refractivity contribution in [3.63, 3.8) is 0 Å². The molecule has 2 rings (SSSR count). The minimum atomic E-state index is -0.454. The lowest BCUT2D eigenvalue weighted by Gasteiger charge is -2.22. The van der Waals surface area contributed by atoms with Crippen LogP contribution in [0.4, 0.5) is 5.69 Å². The highest BCUT2D eigenvalue weighted by molar-refractivity contribution is 5.41. The molecule has 19 heavy (non-hydrogen) atoms. The number of piperidine rings is 1. The van der Waals surface area contributed by atoms with Crippen LogP contribution in [0.3, 0.4) is 0 Å². The van der Waals surface area contributed by atoms with E-state index in [0.717, 1.165) is 25.2 Å². The highest BCUT2D eigenvalue weighted by Crippen LogP contribution is 2.25. The van der Waals surface area contributed by atoms with Gasteiger partial charge in [-0.2, -0.15) is 0 Å². The van der Waals surface area contributed by atoms with E-state index in [2.05, 4.69) is 10.3 Å². The Hall–Kier alpha value is -1.69. The summed E-state index contributed by atoms with van der Waals surface area (Å²) in [5.41, 5.74) is 0.660. The van der Waals surface area contributed by atoms with Crippen molar-refractivity contribution in [3.8, 4) is 5.88 Å². The van der Waals surface area contributed by atoms with Crippen LogP contribution in [-0.2, 0) is 0 Å². The molecule has 0 radical (unpaired) electrons. The lowest BCUT2D eigenvalue weighted by molar-refractivity contribution is -0.386. The van der Waals surface area contributed by atoms with E-state index in [0.29, 0.717) is 12.5 Å². The van der Waals surface area contributed by atoms with Crippen molar-refractivity contribution in [3.05, 3.63) is 27.9 Å². The van der Waals surface area contributed by atoms with Gasteiger partial charge in [0.1, 0.15) is 0 Å². The van der Waals surface area contributed by atoms with E-state index < -0.39 is 4.92 Å². The second-order valence-corrected chi connectivity index (χ2v) is 4.88. The van der Waals surface area contributed by atoms with Crippen molar-refractivity contribution in [2.45, 2.75) is 26.2 Å². The Morgan fingerprint density at radius 2 is 2.42 bits per heavy atom. The number of ether oxygens (including phenoxy) is 1. The van der Waals surface area contributed by atoms with Crippen LogP contribution in [0.15, 0.2) is 12.1 Å². The van der Waals surface area contributed by atoms with Gasteiger partial charge in [0.15, 0.2) is 0 Å². The summed E-state index contributed by atoms with van der Waals surface area (Å²) >= 11 is 0. The van der Waals surface area contributed by atoms with E-state index in [9.17, 15) is 10.1 Å². The molecule has 1 N–H and O–H groups in total. The number of nitrogens with one attached hydrogen (secondary N) is 1. The van der Waals surface area contributed by atoms with E-state index >= 15 is 0 Å². The lowest BCUT2D eigenvalue weighted by Crippen LogP contribution is -2.30. The average Bonchev–Trinajstić information content (AvgIpc) is 2.39. The number of aromatic nitrogens is 1. The maximum Gasteiger partial charge on any atom is 0.330 e. The molecule has 1 saturated heterocycles. The summed E-state index contributed by atoms with van der Waals surface area (Å²) in [7, 11) is 0. The number of aryl methyl sites for hydroxylation is 1. The summed E-state index contributed by atoms with van der Waals surface area (Å²) in [6.07, 6.45) is 3.28. The zero-order valence-corrected chi connectivity index (χ0v) is 11.1. The van der Waals surface area contributed by atoms with Crippen molar-refractivity contribution in [2.75, 3.05) is 19.7 Å². The average molecular weight is 265 g/mol. The Labute approximate surface area is 112 Å². The van der Waals surface area contributed by atoms with Crippen LogP contribution in [0.5, 0.6) is 5.88 Å². The molecule has 1 fully saturated rings. The molecule has 1 unspecified atom stereocenters. The topological polar surface area (TPSA) is 77.3 Å². The second kappa shape index (κ2) is 6.47. The van der Waals surface area contributed by atoms with Crippen molar-refractivity contribution in [1.82, 2.24) is 10.3 Å². The minimum Gasteiger partial charge on any atom is -0.473 e. The normalized spacial score (nSPS) is 19.1. The van der Waals surface area contributed by atoms with Gasteiger partial charge in [-0.3, -0.25) is 10.1 Å². The van der Waals surface area contributed by atoms with Crippen molar-refractivity contribution in [2.24, 2.45) is 5.92 Å². The summed E-state index contributed by atoms with van der Waals surface area (Å²) in [6.45, 7) is 4.36. The number of nitrogens with zero attached hydrogens (tertiary/aromatic N) is 2. The van der Waals surface area contributed by atoms with E-state index in [-0.39, 0.29) is 11.6 Å². The monoisotopic (exact) mass is 265 g/mol. The predicted octanol–water partition coefficient (Wildman–Crippen LogP) is 2.07. The largest absolute Gasteiger partial charge is 0.473 e. The van der Waals surface area contributed by atoms with Crippen LogP contribution in [0, 0.1) is 23.0 Å². The Morgan fingerprint density at radius 3 is 3.11 bits per heavy atom. The SMILES string of the molecule is Cc1ccc([N+](=O)[O-])c(OCCC2CCCNC2)n1. The Kier molecular flexibility index (Phi) is 4.68. The van der Waals surface area contributed by atoms with Gasteiger partial charge in [0.05, 0.1) is 11.5 Å². The summed E-state index contributed by atoms with van der Waals surface area (Å²) in [5, 5.41) is 14.2. The first kappa shape index (κ1) is 13.7. The quantitative estimate of drug-likeness (QED) is 0.651. The molecular weight excluding hydrogens is 246 g/mol. The summed E-state index contributed by atoms with van der Waals surface area (Å²) < 4.78 is 5.50. The maximum absolute atomic E-state index is 10.9. The second-order valence-electron chi connectivity index (χ2n) is 4.88. The third kappa shape index (κ3) is 3.89. The molecule has 1 atom stereocenters. The molecule has 104 valence electrons. The minimum absolute atomic E-state index is 0.0626. The Bertz CT molecular complexity index is 445. The van der Waals surface area contributed by atoms with Crippen LogP contribution in [-0.4, -0.2) is 29.6 Å². The molecule has 1 aliphatic heterocycles. The number of hydrogen-bond donors (Lipinski definition) is 1. The molecule has 0 bridgehead atoms. The van der Waals surface area contributed by atoms with Gasteiger partial charge < -0.3 is 10.1 Å². The molecule has 0 aromatic carbocycles. The summed E-state index contributed by atoms with van der Waals surface area (Å²) in [6, 6.07) is 3.07. The smallest absolute Gasteiger partial charge is 0.330 e. The zero-order chi connectivity index (χ0) is 13.7. The van der Waals surface area contributed by atoms with Gasteiger partial charge in [-0.05, 0) is 51.3 Å². The fourth-order valence-electron chi connectivity index (χ4n) is 2.26. The predicted molar refractivity (Wildman–Crippen MR) is 71.3 cm³/mol. The highest BCUT2D eigenvalue weighted by Gasteiger charge is 2.18. The van der Waals surface area contributed by atoms with Crippen LogP contribution < -0.4 is 10.1 Å².